The van der Waals surface area contributed by atoms with Crippen molar-refractivity contribution in [1.29, 1.82) is 0 Å². The lowest BCUT2D eigenvalue weighted by molar-refractivity contribution is 0.275. The highest BCUT2D eigenvalue weighted by molar-refractivity contribution is 14.0. The lowest BCUT2D eigenvalue weighted by atomic mass is 10.1. The van der Waals surface area contributed by atoms with Crippen molar-refractivity contribution in [1.82, 2.24) is 10.6 Å². The molecule has 0 bridgehead atoms. The second-order valence-corrected chi connectivity index (χ2v) is 5.50. The first-order chi connectivity index (χ1) is 12.2. The Balaban J connectivity index is 0.00000338. The first-order valence-corrected chi connectivity index (χ1v) is 8.12. The van der Waals surface area contributed by atoms with Crippen LogP contribution in [-0.2, 0) is 19.6 Å². The number of ether oxygens (including phenoxy) is 1. The van der Waals surface area contributed by atoms with Crippen LogP contribution in [0.1, 0.15) is 16.7 Å². The molecule has 0 spiro atoms. The van der Waals surface area contributed by atoms with Gasteiger partial charge < -0.3 is 20.5 Å². The molecule has 0 saturated heterocycles. The molecule has 26 heavy (non-hydrogen) atoms. The number of hydrogen-bond donors (Lipinski definition) is 3. The SMILES string of the molecule is CN=C(NCCc1ccccc1OC)NCc1ccc(F)c(CO)c1.I. The zero-order valence-electron chi connectivity index (χ0n) is 15.0. The lowest BCUT2D eigenvalue weighted by Crippen LogP contribution is -2.37. The Labute approximate surface area is 170 Å². The maximum atomic E-state index is 13.4. The second-order valence-electron chi connectivity index (χ2n) is 5.50. The summed E-state index contributed by atoms with van der Waals surface area (Å²) in [6.45, 7) is 0.874. The maximum absolute atomic E-state index is 13.4. The van der Waals surface area contributed by atoms with Crippen LogP contribution in [0.4, 0.5) is 4.39 Å². The number of benzene rings is 2. The minimum absolute atomic E-state index is 0. The van der Waals surface area contributed by atoms with Gasteiger partial charge in [-0.05, 0) is 35.7 Å². The average molecular weight is 473 g/mol. The second kappa shape index (κ2) is 11.7. The number of nitrogens with zero attached hydrogens (tertiary/aromatic N) is 1. The van der Waals surface area contributed by atoms with E-state index in [1.807, 2.05) is 24.3 Å². The normalized spacial score (nSPS) is 10.8. The zero-order valence-corrected chi connectivity index (χ0v) is 17.3. The zero-order chi connectivity index (χ0) is 18.1. The summed E-state index contributed by atoms with van der Waals surface area (Å²) in [7, 11) is 3.36. The molecule has 142 valence electrons. The molecule has 0 saturated carbocycles. The van der Waals surface area contributed by atoms with E-state index in [1.54, 1.807) is 26.3 Å². The molecule has 0 unspecified atom stereocenters. The summed E-state index contributed by atoms with van der Waals surface area (Å²) < 4.78 is 18.7. The number of rotatable bonds is 7. The fourth-order valence-electron chi connectivity index (χ4n) is 2.49. The molecular formula is C19H25FIN3O2. The van der Waals surface area contributed by atoms with E-state index in [4.69, 9.17) is 9.84 Å². The highest BCUT2D eigenvalue weighted by Gasteiger charge is 2.05. The molecule has 0 atom stereocenters. The molecule has 0 aliphatic rings. The van der Waals surface area contributed by atoms with Gasteiger partial charge in [-0.25, -0.2) is 4.39 Å². The molecule has 2 aromatic rings. The smallest absolute Gasteiger partial charge is 0.191 e. The number of hydrogen-bond acceptors (Lipinski definition) is 3. The first kappa shape index (κ1) is 22.2. The monoisotopic (exact) mass is 473 g/mol. The van der Waals surface area contributed by atoms with Crippen molar-refractivity contribution in [3.63, 3.8) is 0 Å². The van der Waals surface area contributed by atoms with E-state index in [9.17, 15) is 4.39 Å². The van der Waals surface area contributed by atoms with Crippen molar-refractivity contribution in [2.45, 2.75) is 19.6 Å². The van der Waals surface area contributed by atoms with E-state index < -0.39 is 5.82 Å². The van der Waals surface area contributed by atoms with Gasteiger partial charge in [0.25, 0.3) is 0 Å². The Hall–Kier alpha value is -1.87. The van der Waals surface area contributed by atoms with E-state index in [2.05, 4.69) is 15.6 Å². The lowest BCUT2D eigenvalue weighted by Gasteiger charge is -2.13. The molecule has 0 aromatic heterocycles. The highest BCUT2D eigenvalue weighted by Crippen LogP contribution is 2.17. The molecule has 3 N–H and O–H groups in total. The third-order valence-electron chi connectivity index (χ3n) is 3.84. The van der Waals surface area contributed by atoms with Crippen molar-refractivity contribution < 1.29 is 14.2 Å². The molecule has 2 aromatic carbocycles. The molecule has 0 amide bonds. The van der Waals surface area contributed by atoms with Crippen LogP contribution in [0.25, 0.3) is 0 Å². The summed E-state index contributed by atoms with van der Waals surface area (Å²) in [6.07, 6.45) is 0.802. The molecule has 7 heteroatoms. The minimum atomic E-state index is -0.398. The van der Waals surface area contributed by atoms with Gasteiger partial charge in [0.1, 0.15) is 11.6 Å². The molecule has 5 nitrogen and oxygen atoms in total. The molecule has 0 fully saturated rings. The number of halogens is 2. The number of aliphatic hydroxyl groups excluding tert-OH is 1. The Morgan fingerprint density at radius 2 is 1.92 bits per heavy atom. The van der Waals surface area contributed by atoms with Crippen LogP contribution in [0.5, 0.6) is 5.75 Å². The van der Waals surface area contributed by atoms with Crippen molar-refractivity contribution in [3.8, 4) is 5.75 Å². The van der Waals surface area contributed by atoms with Crippen LogP contribution in [-0.4, -0.2) is 31.8 Å². The van der Waals surface area contributed by atoms with Gasteiger partial charge >= 0.3 is 0 Å². The van der Waals surface area contributed by atoms with Crippen LogP contribution in [0.2, 0.25) is 0 Å². The Morgan fingerprint density at radius 1 is 1.15 bits per heavy atom. The van der Waals surface area contributed by atoms with Gasteiger partial charge in [0.2, 0.25) is 0 Å². The number of aliphatic imine (C=N–C) groups is 1. The quantitative estimate of drug-likeness (QED) is 0.329. The summed E-state index contributed by atoms with van der Waals surface area (Å²) in [6, 6.07) is 12.6. The summed E-state index contributed by atoms with van der Waals surface area (Å²) in [5.74, 6) is 1.13. The fourth-order valence-corrected chi connectivity index (χ4v) is 2.49. The third-order valence-corrected chi connectivity index (χ3v) is 3.84. The van der Waals surface area contributed by atoms with Crippen molar-refractivity contribution >= 4 is 29.9 Å². The topological polar surface area (TPSA) is 65.9 Å². The van der Waals surface area contributed by atoms with E-state index in [-0.39, 0.29) is 30.6 Å². The Bertz CT molecular complexity index is 726. The minimum Gasteiger partial charge on any atom is -0.496 e. The number of guanidine groups is 1. The Morgan fingerprint density at radius 3 is 2.62 bits per heavy atom. The number of aliphatic hydroxyl groups is 1. The predicted octanol–water partition coefficient (Wildman–Crippen LogP) is 2.85. The van der Waals surface area contributed by atoms with Gasteiger partial charge in [-0.1, -0.05) is 24.3 Å². The maximum Gasteiger partial charge on any atom is 0.191 e. The van der Waals surface area contributed by atoms with Crippen LogP contribution in [0.15, 0.2) is 47.5 Å². The summed E-state index contributed by atoms with van der Waals surface area (Å²) in [4.78, 5) is 4.18. The number of para-hydroxylation sites is 1. The Kier molecular flexibility index (Phi) is 9.97. The molecule has 0 aliphatic heterocycles. The van der Waals surface area contributed by atoms with Gasteiger partial charge in [-0.15, -0.1) is 24.0 Å². The largest absolute Gasteiger partial charge is 0.496 e. The van der Waals surface area contributed by atoms with E-state index in [0.717, 1.165) is 23.3 Å². The standard InChI is InChI=1S/C19H24FN3O2.HI/c1-21-19(22-10-9-15-5-3-4-6-18(15)25-2)23-12-14-7-8-17(20)16(11-14)13-24;/h3-8,11,24H,9-10,12-13H2,1-2H3,(H2,21,22,23);1H. The summed E-state index contributed by atoms with van der Waals surface area (Å²) in [5, 5.41) is 15.5. The van der Waals surface area contributed by atoms with Crippen LogP contribution in [0.3, 0.4) is 0 Å². The molecule has 0 aliphatic carbocycles. The van der Waals surface area contributed by atoms with Crippen LogP contribution < -0.4 is 15.4 Å². The first-order valence-electron chi connectivity index (χ1n) is 8.12. The van der Waals surface area contributed by atoms with Crippen molar-refractivity contribution in [2.24, 2.45) is 4.99 Å². The van der Waals surface area contributed by atoms with Gasteiger partial charge in [0.05, 0.1) is 13.7 Å². The van der Waals surface area contributed by atoms with Crippen molar-refractivity contribution in [3.05, 3.63) is 65.0 Å². The number of methoxy groups -OCH3 is 1. The average Bonchev–Trinajstić information content (AvgIpc) is 2.65. The van der Waals surface area contributed by atoms with Gasteiger partial charge in [-0.2, -0.15) is 0 Å². The fraction of sp³-hybridized carbons (Fsp3) is 0.316. The van der Waals surface area contributed by atoms with Gasteiger partial charge in [-0.3, -0.25) is 4.99 Å². The third kappa shape index (κ3) is 6.45. The van der Waals surface area contributed by atoms with Crippen LogP contribution >= 0.6 is 24.0 Å². The highest BCUT2D eigenvalue weighted by atomic mass is 127. The predicted molar refractivity (Wildman–Crippen MR) is 113 cm³/mol. The van der Waals surface area contributed by atoms with Gasteiger partial charge in [0, 0.05) is 25.7 Å². The van der Waals surface area contributed by atoms with E-state index >= 15 is 0 Å². The van der Waals surface area contributed by atoms with Crippen LogP contribution in [0, 0.1) is 5.82 Å². The van der Waals surface area contributed by atoms with E-state index in [1.165, 1.54) is 6.07 Å². The van der Waals surface area contributed by atoms with Crippen molar-refractivity contribution in [2.75, 3.05) is 20.7 Å². The summed E-state index contributed by atoms with van der Waals surface area (Å²) in [5.41, 5.74) is 2.29. The van der Waals surface area contributed by atoms with E-state index in [0.29, 0.717) is 24.6 Å². The molecule has 2 rings (SSSR count). The summed E-state index contributed by atoms with van der Waals surface area (Å²) >= 11 is 0. The molecule has 0 radical (unpaired) electrons. The molecular weight excluding hydrogens is 448 g/mol. The van der Waals surface area contributed by atoms with Gasteiger partial charge in [0.15, 0.2) is 5.96 Å². The molecule has 0 heterocycles. The number of nitrogens with one attached hydrogen (secondary N) is 2.